The first-order valence-electron chi connectivity index (χ1n) is 6.69. The maximum atomic E-state index is 12.7. The number of rotatable bonds is 8. The van der Waals surface area contributed by atoms with Gasteiger partial charge in [-0.1, -0.05) is 13.8 Å². The van der Waals surface area contributed by atoms with Crippen molar-refractivity contribution in [2.45, 2.75) is 37.6 Å². The van der Waals surface area contributed by atoms with E-state index in [1.165, 1.54) is 22.6 Å². The second kappa shape index (κ2) is 7.56. The van der Waals surface area contributed by atoms with Gasteiger partial charge in [0.15, 0.2) is 0 Å². The number of nitrogens with zero attached hydrogens (tertiary/aromatic N) is 2. The summed E-state index contributed by atoms with van der Waals surface area (Å²) in [7, 11) is -2.03. The Morgan fingerprint density at radius 1 is 1.40 bits per heavy atom. The smallest absolute Gasteiger partial charge is 0.243 e. The average molecular weight is 301 g/mol. The molecule has 0 atom stereocenters. The number of anilines is 1. The number of ether oxygens (including phenoxy) is 1. The van der Waals surface area contributed by atoms with Gasteiger partial charge in [0.1, 0.15) is 5.82 Å². The van der Waals surface area contributed by atoms with E-state index in [1.807, 2.05) is 13.8 Å². The lowest BCUT2D eigenvalue weighted by atomic mass is 10.2. The van der Waals surface area contributed by atoms with Crippen LogP contribution < -0.4 is 5.73 Å². The molecule has 0 aliphatic carbocycles. The molecule has 20 heavy (non-hydrogen) atoms. The van der Waals surface area contributed by atoms with Crippen LogP contribution in [0.4, 0.5) is 5.82 Å². The Labute approximate surface area is 121 Å². The Hall–Kier alpha value is -1.18. The quantitative estimate of drug-likeness (QED) is 0.786. The summed E-state index contributed by atoms with van der Waals surface area (Å²) in [4.78, 5) is 4.00. The van der Waals surface area contributed by atoms with Gasteiger partial charge in [-0.25, -0.2) is 13.4 Å². The molecule has 0 saturated heterocycles. The van der Waals surface area contributed by atoms with Crippen LogP contribution in [-0.2, 0) is 14.8 Å². The van der Waals surface area contributed by atoms with Crippen LogP contribution >= 0.6 is 0 Å². The number of hydrogen-bond acceptors (Lipinski definition) is 5. The zero-order valence-electron chi connectivity index (χ0n) is 12.2. The summed E-state index contributed by atoms with van der Waals surface area (Å²) in [6.45, 7) is 4.64. The van der Waals surface area contributed by atoms with E-state index < -0.39 is 10.0 Å². The SMILES string of the molecule is CCC(CC)N(CCOC)S(=O)(=O)c1ccnc(N)c1. The van der Waals surface area contributed by atoms with Gasteiger partial charge >= 0.3 is 0 Å². The molecule has 0 amide bonds. The second-order valence-electron chi connectivity index (χ2n) is 4.50. The normalized spacial score (nSPS) is 12.2. The maximum Gasteiger partial charge on any atom is 0.243 e. The van der Waals surface area contributed by atoms with E-state index in [4.69, 9.17) is 10.5 Å². The molecule has 0 bridgehead atoms. The Morgan fingerprint density at radius 3 is 2.55 bits per heavy atom. The van der Waals surface area contributed by atoms with Crippen molar-refractivity contribution < 1.29 is 13.2 Å². The van der Waals surface area contributed by atoms with E-state index in [0.717, 1.165) is 12.8 Å². The first-order chi connectivity index (χ1) is 9.47. The molecule has 0 fully saturated rings. The molecule has 6 nitrogen and oxygen atoms in total. The largest absolute Gasteiger partial charge is 0.384 e. The van der Waals surface area contributed by atoms with E-state index in [-0.39, 0.29) is 16.8 Å². The van der Waals surface area contributed by atoms with Gasteiger partial charge in [0, 0.05) is 32.0 Å². The lowest BCUT2D eigenvalue weighted by Crippen LogP contribution is -2.41. The van der Waals surface area contributed by atoms with Crippen LogP contribution in [0, 0.1) is 0 Å². The molecule has 0 aliphatic heterocycles. The molecule has 1 aromatic rings. The summed E-state index contributed by atoms with van der Waals surface area (Å²) in [5.74, 6) is 0.197. The van der Waals surface area contributed by atoms with Gasteiger partial charge in [-0.05, 0) is 18.9 Å². The minimum atomic E-state index is -3.59. The van der Waals surface area contributed by atoms with Crippen LogP contribution in [0.1, 0.15) is 26.7 Å². The van der Waals surface area contributed by atoms with Crippen molar-refractivity contribution in [3.05, 3.63) is 18.3 Å². The summed E-state index contributed by atoms with van der Waals surface area (Å²) in [6.07, 6.45) is 2.91. The highest BCUT2D eigenvalue weighted by molar-refractivity contribution is 7.89. The minimum Gasteiger partial charge on any atom is -0.384 e. The summed E-state index contributed by atoms with van der Waals surface area (Å²) in [5.41, 5.74) is 5.58. The molecular weight excluding hydrogens is 278 g/mol. The van der Waals surface area contributed by atoms with Crippen LogP contribution in [0.3, 0.4) is 0 Å². The molecule has 0 radical (unpaired) electrons. The van der Waals surface area contributed by atoms with E-state index >= 15 is 0 Å². The van der Waals surface area contributed by atoms with Gasteiger partial charge in [-0.15, -0.1) is 0 Å². The zero-order chi connectivity index (χ0) is 15.2. The monoisotopic (exact) mass is 301 g/mol. The second-order valence-corrected chi connectivity index (χ2v) is 6.39. The van der Waals surface area contributed by atoms with Crippen LogP contribution in [0.2, 0.25) is 0 Å². The van der Waals surface area contributed by atoms with Crippen molar-refractivity contribution in [1.82, 2.24) is 9.29 Å². The fraction of sp³-hybridized carbons (Fsp3) is 0.615. The van der Waals surface area contributed by atoms with Crippen LogP contribution in [0.5, 0.6) is 0 Å². The predicted molar refractivity (Wildman–Crippen MR) is 78.8 cm³/mol. The Balaban J connectivity index is 3.16. The van der Waals surface area contributed by atoms with Gasteiger partial charge in [0.05, 0.1) is 11.5 Å². The van der Waals surface area contributed by atoms with Crippen LogP contribution in [-0.4, -0.2) is 44.0 Å². The summed E-state index contributed by atoms with van der Waals surface area (Å²) >= 11 is 0. The van der Waals surface area contributed by atoms with Crippen molar-refractivity contribution >= 4 is 15.8 Å². The van der Waals surface area contributed by atoms with Crippen LogP contribution in [0.25, 0.3) is 0 Å². The number of methoxy groups -OCH3 is 1. The molecule has 1 rings (SSSR count). The Bertz CT molecular complexity index is 515. The fourth-order valence-corrected chi connectivity index (χ4v) is 3.88. The third-order valence-electron chi connectivity index (χ3n) is 3.22. The van der Waals surface area contributed by atoms with Gasteiger partial charge in [0.25, 0.3) is 0 Å². The van der Waals surface area contributed by atoms with Crippen molar-refractivity contribution in [2.75, 3.05) is 26.0 Å². The highest BCUT2D eigenvalue weighted by atomic mass is 32.2. The number of sulfonamides is 1. The number of pyridine rings is 1. The standard InChI is InChI=1S/C13H23N3O3S/c1-4-11(5-2)16(8-9-19-3)20(17,18)12-6-7-15-13(14)10-12/h6-7,10-11H,4-5,8-9H2,1-3H3,(H2,14,15). The van der Waals surface area contributed by atoms with E-state index in [1.54, 1.807) is 7.11 Å². The average Bonchev–Trinajstić information content (AvgIpc) is 2.43. The summed E-state index contributed by atoms with van der Waals surface area (Å²) < 4.78 is 32.0. The summed E-state index contributed by atoms with van der Waals surface area (Å²) in [5, 5.41) is 0. The number of hydrogen-bond donors (Lipinski definition) is 1. The first kappa shape index (κ1) is 16.9. The lowest BCUT2D eigenvalue weighted by Gasteiger charge is -2.29. The van der Waals surface area contributed by atoms with E-state index in [0.29, 0.717) is 13.2 Å². The van der Waals surface area contributed by atoms with Crippen molar-refractivity contribution in [1.29, 1.82) is 0 Å². The maximum absolute atomic E-state index is 12.7. The molecule has 0 aromatic carbocycles. The van der Waals surface area contributed by atoms with Crippen LogP contribution in [0.15, 0.2) is 23.2 Å². The zero-order valence-corrected chi connectivity index (χ0v) is 13.1. The highest BCUT2D eigenvalue weighted by Gasteiger charge is 2.29. The Kier molecular flexibility index (Phi) is 6.38. The molecule has 1 heterocycles. The third kappa shape index (κ3) is 3.91. The molecule has 114 valence electrons. The first-order valence-corrected chi connectivity index (χ1v) is 8.13. The molecule has 0 aliphatic rings. The number of nitrogens with two attached hydrogens (primary N) is 1. The molecule has 2 N–H and O–H groups in total. The minimum absolute atomic E-state index is 0.0514. The van der Waals surface area contributed by atoms with Crippen molar-refractivity contribution in [3.8, 4) is 0 Å². The molecule has 0 saturated carbocycles. The predicted octanol–water partition coefficient (Wildman–Crippen LogP) is 1.49. The van der Waals surface area contributed by atoms with Gasteiger partial charge in [-0.2, -0.15) is 4.31 Å². The van der Waals surface area contributed by atoms with Gasteiger partial charge < -0.3 is 10.5 Å². The molecule has 7 heteroatoms. The molecular formula is C13H23N3O3S. The van der Waals surface area contributed by atoms with Gasteiger partial charge in [0.2, 0.25) is 10.0 Å². The summed E-state index contributed by atoms with van der Waals surface area (Å²) in [6, 6.07) is 2.80. The van der Waals surface area contributed by atoms with Gasteiger partial charge in [-0.3, -0.25) is 0 Å². The van der Waals surface area contributed by atoms with Crippen molar-refractivity contribution in [3.63, 3.8) is 0 Å². The molecule has 0 unspecified atom stereocenters. The van der Waals surface area contributed by atoms with E-state index in [2.05, 4.69) is 4.98 Å². The highest BCUT2D eigenvalue weighted by Crippen LogP contribution is 2.21. The molecule has 1 aromatic heterocycles. The topological polar surface area (TPSA) is 85.5 Å². The van der Waals surface area contributed by atoms with E-state index in [9.17, 15) is 8.42 Å². The number of aromatic nitrogens is 1. The van der Waals surface area contributed by atoms with Crippen molar-refractivity contribution in [2.24, 2.45) is 0 Å². The lowest BCUT2D eigenvalue weighted by molar-refractivity contribution is 0.163. The third-order valence-corrected chi connectivity index (χ3v) is 5.17. The fourth-order valence-electron chi connectivity index (χ4n) is 2.10. The number of nitrogen functional groups attached to an aromatic ring is 1. The molecule has 0 spiro atoms. The Morgan fingerprint density at radius 2 is 2.05 bits per heavy atom.